The lowest BCUT2D eigenvalue weighted by atomic mass is 9.91. The van der Waals surface area contributed by atoms with Crippen LogP contribution in [0.1, 0.15) is 45.2 Å². The first-order valence-corrected chi connectivity index (χ1v) is 10.1. The molecule has 0 radical (unpaired) electrons. The second kappa shape index (κ2) is 7.49. The Hall–Kier alpha value is -3.20. The number of hydrogen-bond donors (Lipinski definition) is 0. The van der Waals surface area contributed by atoms with Crippen LogP contribution >= 0.6 is 0 Å². The van der Waals surface area contributed by atoms with Crippen molar-refractivity contribution < 1.29 is 27.3 Å². The van der Waals surface area contributed by atoms with E-state index < -0.39 is 29.0 Å². The molecule has 0 aliphatic carbocycles. The molecule has 9 heteroatoms. The lowest BCUT2D eigenvalue weighted by Gasteiger charge is -2.32. The molecule has 0 spiro atoms. The Bertz CT molecular complexity index is 1200. The molecule has 0 N–H and O–H groups in total. The maximum atomic E-state index is 14.0. The zero-order valence-corrected chi connectivity index (χ0v) is 16.4. The van der Waals surface area contributed by atoms with E-state index in [2.05, 4.69) is 10.1 Å². The number of rotatable bonds is 4. The van der Waals surface area contributed by atoms with Gasteiger partial charge in [0.15, 0.2) is 17.2 Å². The Kier molecular flexibility index (Phi) is 4.77. The van der Waals surface area contributed by atoms with Gasteiger partial charge in [0.2, 0.25) is 0 Å². The molecule has 1 aromatic heterocycles. The van der Waals surface area contributed by atoms with Crippen molar-refractivity contribution in [2.24, 2.45) is 0 Å². The molecule has 2 aliphatic rings. The number of hydrogen-bond acceptors (Lipinski definition) is 5. The Morgan fingerprint density at radius 1 is 1.00 bits per heavy atom. The molecular formula is C22H18F3N3O3. The molecule has 0 bridgehead atoms. The molecule has 3 heterocycles. The average Bonchev–Trinajstić information content (AvgIpc) is 3.28. The lowest BCUT2D eigenvalue weighted by molar-refractivity contribution is 0.0628. The zero-order chi connectivity index (χ0) is 21.7. The van der Waals surface area contributed by atoms with Crippen LogP contribution in [0.2, 0.25) is 0 Å². The molecular weight excluding hydrogens is 411 g/mol. The highest BCUT2D eigenvalue weighted by Gasteiger charge is 2.39. The molecule has 160 valence electrons. The number of piperidine rings is 1. The van der Waals surface area contributed by atoms with E-state index in [0.717, 1.165) is 41.0 Å². The molecule has 0 atom stereocenters. The number of likely N-dealkylation sites (tertiary alicyclic amines) is 1. The average molecular weight is 429 g/mol. The normalized spacial score (nSPS) is 17.7. The number of carbonyl (C=O) groups excluding carboxylic acids is 2. The molecule has 2 amide bonds. The monoisotopic (exact) mass is 429 g/mol. The summed E-state index contributed by atoms with van der Waals surface area (Å²) in [6.07, 6.45) is 1.59. The second-order valence-electron chi connectivity index (χ2n) is 7.87. The highest BCUT2D eigenvalue weighted by molar-refractivity contribution is 6.21. The van der Waals surface area contributed by atoms with E-state index in [1.807, 2.05) is 0 Å². The molecule has 6 nitrogen and oxygen atoms in total. The zero-order valence-electron chi connectivity index (χ0n) is 16.4. The van der Waals surface area contributed by atoms with Crippen molar-refractivity contribution in [3.05, 3.63) is 64.6 Å². The number of fused-ring (bicyclic) bond motifs is 2. The topological polar surface area (TPSA) is 66.7 Å². The molecule has 2 aromatic carbocycles. The number of benzene rings is 2. The van der Waals surface area contributed by atoms with Crippen molar-refractivity contribution in [2.45, 2.75) is 18.8 Å². The van der Waals surface area contributed by atoms with Gasteiger partial charge in [-0.15, -0.1) is 0 Å². The van der Waals surface area contributed by atoms with E-state index >= 15 is 0 Å². The third-order valence-electron chi connectivity index (χ3n) is 6.11. The quantitative estimate of drug-likeness (QED) is 0.592. The van der Waals surface area contributed by atoms with Crippen LogP contribution in [0.25, 0.3) is 11.0 Å². The first kappa shape index (κ1) is 19.7. The predicted molar refractivity (Wildman–Crippen MR) is 104 cm³/mol. The van der Waals surface area contributed by atoms with Gasteiger partial charge < -0.3 is 9.42 Å². The fraction of sp³-hybridized carbons (Fsp3) is 0.318. The van der Waals surface area contributed by atoms with Gasteiger partial charge in [-0.25, -0.2) is 13.2 Å². The molecule has 0 unspecified atom stereocenters. The summed E-state index contributed by atoms with van der Waals surface area (Å²) in [6, 6.07) is 6.38. The minimum atomic E-state index is -1.28. The Morgan fingerprint density at radius 2 is 1.77 bits per heavy atom. The summed E-state index contributed by atoms with van der Waals surface area (Å²) in [5.41, 5.74) is 0.647. The number of imide groups is 1. The first-order valence-electron chi connectivity index (χ1n) is 10.1. The van der Waals surface area contributed by atoms with E-state index in [1.165, 1.54) is 12.1 Å². The summed E-state index contributed by atoms with van der Waals surface area (Å²) in [4.78, 5) is 28.0. The third kappa shape index (κ3) is 3.29. The fourth-order valence-corrected chi connectivity index (χ4v) is 4.41. The number of aromatic nitrogens is 1. The summed E-state index contributed by atoms with van der Waals surface area (Å²) in [5, 5.41) is 4.93. The fourth-order valence-electron chi connectivity index (χ4n) is 4.41. The van der Waals surface area contributed by atoms with Crippen LogP contribution in [0.3, 0.4) is 0 Å². The van der Waals surface area contributed by atoms with E-state index in [-0.39, 0.29) is 23.8 Å². The summed E-state index contributed by atoms with van der Waals surface area (Å²) in [7, 11) is 0. The summed E-state index contributed by atoms with van der Waals surface area (Å²) < 4.78 is 46.0. The summed E-state index contributed by atoms with van der Waals surface area (Å²) in [6.45, 7) is 1.97. The van der Waals surface area contributed by atoms with Crippen molar-refractivity contribution in [1.29, 1.82) is 0 Å². The summed E-state index contributed by atoms with van der Waals surface area (Å²) in [5.74, 6) is -4.03. The molecule has 31 heavy (non-hydrogen) atoms. The van der Waals surface area contributed by atoms with Gasteiger partial charge in [-0.3, -0.25) is 14.5 Å². The van der Waals surface area contributed by atoms with Crippen LogP contribution < -0.4 is 0 Å². The van der Waals surface area contributed by atoms with Crippen LogP contribution in [0.15, 0.2) is 34.9 Å². The standard InChI is InChI=1S/C22H18F3N3O3/c23-13-1-2-14-17(11-13)31-26-20(14)12-5-7-27(8-6-12)9-10-28-21(29)15-3-4-16(24)19(25)18(15)22(28)30/h1-4,11-12H,5-10H2. The van der Waals surface area contributed by atoms with Crippen LogP contribution in [0.5, 0.6) is 0 Å². The van der Waals surface area contributed by atoms with Gasteiger partial charge in [0, 0.05) is 30.5 Å². The van der Waals surface area contributed by atoms with Gasteiger partial charge in [0.1, 0.15) is 5.82 Å². The molecule has 5 rings (SSSR count). The van der Waals surface area contributed by atoms with Crippen LogP contribution in [0.4, 0.5) is 13.2 Å². The van der Waals surface area contributed by atoms with E-state index in [1.54, 1.807) is 6.07 Å². The lowest BCUT2D eigenvalue weighted by Crippen LogP contribution is -2.41. The molecule has 0 saturated carbocycles. The van der Waals surface area contributed by atoms with Gasteiger partial charge in [0.25, 0.3) is 11.8 Å². The Labute approximate surface area is 175 Å². The van der Waals surface area contributed by atoms with E-state index in [4.69, 9.17) is 4.52 Å². The van der Waals surface area contributed by atoms with Gasteiger partial charge in [-0.2, -0.15) is 0 Å². The minimum absolute atomic E-state index is 0.100. The number of amides is 2. The maximum Gasteiger partial charge on any atom is 0.264 e. The van der Waals surface area contributed by atoms with Crippen LogP contribution in [-0.2, 0) is 0 Å². The van der Waals surface area contributed by atoms with Crippen molar-refractivity contribution in [3.63, 3.8) is 0 Å². The van der Waals surface area contributed by atoms with Crippen molar-refractivity contribution in [3.8, 4) is 0 Å². The number of carbonyl (C=O) groups is 2. The van der Waals surface area contributed by atoms with Crippen molar-refractivity contribution in [1.82, 2.24) is 15.0 Å². The second-order valence-corrected chi connectivity index (χ2v) is 7.87. The van der Waals surface area contributed by atoms with E-state index in [9.17, 15) is 22.8 Å². The Balaban J connectivity index is 1.21. The smallest absolute Gasteiger partial charge is 0.264 e. The van der Waals surface area contributed by atoms with Crippen molar-refractivity contribution >= 4 is 22.8 Å². The van der Waals surface area contributed by atoms with E-state index in [0.29, 0.717) is 25.2 Å². The molecule has 3 aromatic rings. The summed E-state index contributed by atoms with van der Waals surface area (Å²) >= 11 is 0. The minimum Gasteiger partial charge on any atom is -0.356 e. The van der Waals surface area contributed by atoms with Gasteiger partial charge >= 0.3 is 0 Å². The maximum absolute atomic E-state index is 14.0. The van der Waals surface area contributed by atoms with Crippen molar-refractivity contribution in [2.75, 3.05) is 26.2 Å². The Morgan fingerprint density at radius 3 is 2.55 bits per heavy atom. The van der Waals surface area contributed by atoms with Gasteiger partial charge in [-0.05, 0) is 50.2 Å². The van der Waals surface area contributed by atoms with Crippen LogP contribution in [-0.4, -0.2) is 52.9 Å². The largest absolute Gasteiger partial charge is 0.356 e. The SMILES string of the molecule is O=C1c2ccc(F)c(F)c2C(=O)N1CCN1CCC(c2noc3cc(F)ccc23)CC1. The molecule has 2 aliphatic heterocycles. The first-order chi connectivity index (χ1) is 14.9. The van der Waals surface area contributed by atoms with Gasteiger partial charge in [0.05, 0.1) is 16.8 Å². The highest BCUT2D eigenvalue weighted by Crippen LogP contribution is 2.33. The molecule has 1 saturated heterocycles. The highest BCUT2D eigenvalue weighted by atomic mass is 19.2. The number of nitrogens with zero attached hydrogens (tertiary/aromatic N) is 3. The third-order valence-corrected chi connectivity index (χ3v) is 6.11. The predicted octanol–water partition coefficient (Wildman–Crippen LogP) is 3.72. The van der Waals surface area contributed by atoms with Crippen LogP contribution in [0, 0.1) is 17.5 Å². The van der Waals surface area contributed by atoms with Gasteiger partial charge in [-0.1, -0.05) is 5.16 Å². The molecule has 1 fully saturated rings. The number of halogens is 3.